The number of methoxy groups -OCH3 is 1. The van der Waals surface area contributed by atoms with Crippen LogP contribution in [0.2, 0.25) is 0 Å². The second-order valence-corrected chi connectivity index (χ2v) is 7.85. The first kappa shape index (κ1) is 23.5. The number of carbonyl (C=O) groups excluding carboxylic acids is 1. The van der Waals surface area contributed by atoms with Crippen molar-refractivity contribution in [3.8, 4) is 22.6 Å². The molecule has 0 heterocycles. The zero-order chi connectivity index (χ0) is 23.1. The molecule has 1 atom stereocenters. The molecule has 1 N–H and O–H groups in total. The molecule has 0 radical (unpaired) electrons. The lowest BCUT2D eigenvalue weighted by Crippen LogP contribution is -2.24. The van der Waals surface area contributed by atoms with Gasteiger partial charge in [0, 0.05) is 12.7 Å². The summed E-state index contributed by atoms with van der Waals surface area (Å²) in [4.78, 5) is 10.8. The molecule has 0 bridgehead atoms. The number of aryl methyl sites for hydroxylation is 2. The zero-order valence-corrected chi connectivity index (χ0v) is 19.1. The van der Waals surface area contributed by atoms with Crippen LogP contribution >= 0.6 is 0 Å². The van der Waals surface area contributed by atoms with E-state index in [1.165, 1.54) is 5.56 Å². The minimum absolute atomic E-state index is 0.0815. The normalized spacial score (nSPS) is 11.8. The molecular weight excluding hydrogens is 404 g/mol. The molecule has 0 fully saturated rings. The highest BCUT2D eigenvalue weighted by Crippen LogP contribution is 2.34. The van der Waals surface area contributed by atoms with E-state index in [2.05, 4.69) is 32.9 Å². The van der Waals surface area contributed by atoms with E-state index in [1.54, 1.807) is 31.4 Å². The maximum Gasteiger partial charge on any atom is 0.150 e. The van der Waals surface area contributed by atoms with Gasteiger partial charge in [0.25, 0.3) is 0 Å². The molecule has 32 heavy (non-hydrogen) atoms. The molecule has 0 aromatic heterocycles. The van der Waals surface area contributed by atoms with Crippen molar-refractivity contribution < 1.29 is 24.1 Å². The predicted octanol–water partition coefficient (Wildman–Crippen LogP) is 5.06. The first-order chi connectivity index (χ1) is 15.5. The van der Waals surface area contributed by atoms with Crippen molar-refractivity contribution in [2.24, 2.45) is 0 Å². The van der Waals surface area contributed by atoms with Gasteiger partial charge in [0.15, 0.2) is 0 Å². The van der Waals surface area contributed by atoms with Crippen molar-refractivity contribution in [1.29, 1.82) is 0 Å². The van der Waals surface area contributed by atoms with E-state index < -0.39 is 0 Å². The van der Waals surface area contributed by atoms with Crippen molar-refractivity contribution in [2.45, 2.75) is 33.5 Å². The molecule has 0 amide bonds. The first-order valence-corrected chi connectivity index (χ1v) is 10.6. The summed E-state index contributed by atoms with van der Waals surface area (Å²) >= 11 is 0. The maximum atomic E-state index is 10.8. The Morgan fingerprint density at radius 2 is 1.62 bits per heavy atom. The molecule has 0 spiro atoms. The van der Waals surface area contributed by atoms with Gasteiger partial charge >= 0.3 is 0 Å². The molecule has 0 aliphatic carbocycles. The fraction of sp³-hybridized carbons (Fsp3) is 0.296. The van der Waals surface area contributed by atoms with Crippen LogP contribution in [0.4, 0.5) is 0 Å². The third kappa shape index (κ3) is 5.55. The molecule has 0 saturated heterocycles. The summed E-state index contributed by atoms with van der Waals surface area (Å²) < 4.78 is 17.0. The van der Waals surface area contributed by atoms with Crippen molar-refractivity contribution >= 4 is 6.29 Å². The van der Waals surface area contributed by atoms with E-state index in [-0.39, 0.29) is 12.7 Å². The van der Waals surface area contributed by atoms with Crippen molar-refractivity contribution in [1.82, 2.24) is 0 Å². The van der Waals surface area contributed by atoms with Gasteiger partial charge in [0.2, 0.25) is 0 Å². The largest absolute Gasteiger partial charge is 0.491 e. The minimum Gasteiger partial charge on any atom is -0.491 e. The maximum absolute atomic E-state index is 10.8. The van der Waals surface area contributed by atoms with Crippen LogP contribution in [0.25, 0.3) is 11.1 Å². The van der Waals surface area contributed by atoms with Crippen LogP contribution < -0.4 is 9.47 Å². The number of hydrogen-bond donors (Lipinski definition) is 1. The number of aliphatic hydroxyl groups is 1. The molecule has 3 aromatic rings. The fourth-order valence-corrected chi connectivity index (χ4v) is 3.73. The third-order valence-electron chi connectivity index (χ3n) is 5.60. The molecule has 5 nitrogen and oxygen atoms in total. The van der Waals surface area contributed by atoms with Gasteiger partial charge in [-0.25, -0.2) is 0 Å². The number of ether oxygens (including phenoxy) is 3. The summed E-state index contributed by atoms with van der Waals surface area (Å²) in [5, 5.41) is 9.27. The van der Waals surface area contributed by atoms with E-state index in [4.69, 9.17) is 14.2 Å². The van der Waals surface area contributed by atoms with Crippen LogP contribution in [0.5, 0.6) is 11.5 Å². The van der Waals surface area contributed by atoms with E-state index >= 15 is 0 Å². The number of aldehydes is 1. The Balaban J connectivity index is 1.80. The molecule has 3 aromatic carbocycles. The molecule has 0 aliphatic rings. The lowest BCUT2D eigenvalue weighted by molar-refractivity contribution is 0.0164. The van der Waals surface area contributed by atoms with E-state index in [9.17, 15) is 9.90 Å². The number of aliphatic hydroxyl groups excluding tert-OH is 1. The lowest BCUT2D eigenvalue weighted by atomic mass is 9.90. The standard InChI is InChI=1S/C27H30O5/c1-18-12-24(32-17-25(15-29)30-4)13-19(2)27(18)26-7-5-6-22(20(26)3)16-31-23-10-8-21(14-28)9-11-23/h5-14,25,29H,15-17H2,1-4H3/t25-/m0/s1. The summed E-state index contributed by atoms with van der Waals surface area (Å²) in [7, 11) is 1.56. The van der Waals surface area contributed by atoms with Crippen LogP contribution in [0.3, 0.4) is 0 Å². The summed E-state index contributed by atoms with van der Waals surface area (Å²) in [5.41, 5.74) is 7.46. The Hall–Kier alpha value is -3.15. The van der Waals surface area contributed by atoms with Gasteiger partial charge in [-0.1, -0.05) is 18.2 Å². The molecular formula is C27H30O5. The number of hydrogen-bond acceptors (Lipinski definition) is 5. The highest BCUT2D eigenvalue weighted by atomic mass is 16.5. The summed E-state index contributed by atoms with van der Waals surface area (Å²) in [6, 6.07) is 17.4. The van der Waals surface area contributed by atoms with E-state index in [0.717, 1.165) is 45.6 Å². The van der Waals surface area contributed by atoms with Gasteiger partial charge < -0.3 is 19.3 Å². The Morgan fingerprint density at radius 1 is 0.938 bits per heavy atom. The molecule has 3 rings (SSSR count). The Kier molecular flexibility index (Phi) is 8.03. The van der Waals surface area contributed by atoms with E-state index in [1.807, 2.05) is 18.2 Å². The van der Waals surface area contributed by atoms with Gasteiger partial charge in [-0.05, 0) is 90.6 Å². The highest BCUT2D eigenvalue weighted by molar-refractivity contribution is 5.76. The van der Waals surface area contributed by atoms with Gasteiger partial charge in [-0.15, -0.1) is 0 Å². The number of carbonyl (C=O) groups is 1. The van der Waals surface area contributed by atoms with Crippen LogP contribution in [0.15, 0.2) is 54.6 Å². The smallest absolute Gasteiger partial charge is 0.150 e. The number of rotatable bonds is 10. The molecule has 0 saturated carbocycles. The van der Waals surface area contributed by atoms with Crippen LogP contribution in [0.1, 0.15) is 32.6 Å². The van der Waals surface area contributed by atoms with Gasteiger partial charge in [0.1, 0.15) is 37.1 Å². The molecule has 5 heteroatoms. The predicted molar refractivity (Wildman–Crippen MR) is 126 cm³/mol. The second kappa shape index (κ2) is 10.9. The van der Waals surface area contributed by atoms with Gasteiger partial charge in [-0.3, -0.25) is 4.79 Å². The van der Waals surface area contributed by atoms with Crippen molar-refractivity contribution in [3.63, 3.8) is 0 Å². The lowest BCUT2D eigenvalue weighted by Gasteiger charge is -2.19. The summed E-state index contributed by atoms with van der Waals surface area (Å²) in [6.45, 7) is 6.92. The first-order valence-electron chi connectivity index (χ1n) is 10.6. The van der Waals surface area contributed by atoms with Crippen LogP contribution in [0, 0.1) is 20.8 Å². The quantitative estimate of drug-likeness (QED) is 0.452. The van der Waals surface area contributed by atoms with Crippen LogP contribution in [-0.4, -0.2) is 37.8 Å². The van der Waals surface area contributed by atoms with Crippen molar-refractivity contribution in [3.05, 3.63) is 82.4 Å². The monoisotopic (exact) mass is 434 g/mol. The minimum atomic E-state index is -0.344. The second-order valence-electron chi connectivity index (χ2n) is 7.85. The average molecular weight is 435 g/mol. The van der Waals surface area contributed by atoms with E-state index in [0.29, 0.717) is 18.8 Å². The molecule has 0 unspecified atom stereocenters. The Bertz CT molecular complexity index is 1030. The third-order valence-corrected chi connectivity index (χ3v) is 5.60. The average Bonchev–Trinajstić information content (AvgIpc) is 2.80. The Morgan fingerprint density at radius 3 is 2.22 bits per heavy atom. The molecule has 0 aliphatic heterocycles. The van der Waals surface area contributed by atoms with Crippen LogP contribution in [-0.2, 0) is 11.3 Å². The Labute approximate surface area is 189 Å². The fourth-order valence-electron chi connectivity index (χ4n) is 3.73. The molecule has 168 valence electrons. The van der Waals surface area contributed by atoms with Crippen molar-refractivity contribution in [2.75, 3.05) is 20.3 Å². The van der Waals surface area contributed by atoms with Gasteiger partial charge in [0.05, 0.1) is 6.61 Å². The topological polar surface area (TPSA) is 65.0 Å². The summed E-state index contributed by atoms with van der Waals surface area (Å²) in [5.74, 6) is 1.49. The number of benzene rings is 3. The highest BCUT2D eigenvalue weighted by Gasteiger charge is 2.14. The SMILES string of the molecule is CO[C@@H](CO)COc1cc(C)c(-c2cccc(COc3ccc(C=O)cc3)c2C)c(C)c1. The zero-order valence-electron chi connectivity index (χ0n) is 19.1. The summed E-state index contributed by atoms with van der Waals surface area (Å²) in [6.07, 6.45) is 0.477. The van der Waals surface area contributed by atoms with Gasteiger partial charge in [-0.2, -0.15) is 0 Å².